The molecular formula is C18H23N5O3. The molecule has 1 saturated heterocycles. The number of nitrogens with one attached hydrogen (secondary N) is 1. The van der Waals surface area contributed by atoms with E-state index >= 15 is 0 Å². The molecule has 0 aliphatic carbocycles. The number of hydrogen-bond donors (Lipinski definition) is 1. The standard InChI is InChI=1S/C18H23N5O3/c1-11(2)14-7-17(26-22-14)18(25)20-9-13-8-19-10-15(21-13)16-5-4-6-23(16)12(3)24/h7-8,10-11,16H,4-6,9H2,1-3H3,(H,20,25)/t16-/m1/s1. The minimum atomic E-state index is -0.345. The number of amides is 2. The summed E-state index contributed by atoms with van der Waals surface area (Å²) in [5, 5.41) is 6.65. The second-order valence-electron chi connectivity index (χ2n) is 6.76. The Labute approximate surface area is 152 Å². The largest absolute Gasteiger partial charge is 0.351 e. The summed E-state index contributed by atoms with van der Waals surface area (Å²) in [5.74, 6) is 0.0666. The molecule has 8 nitrogen and oxygen atoms in total. The molecule has 1 atom stereocenters. The number of carbonyl (C=O) groups is 2. The molecular weight excluding hydrogens is 334 g/mol. The molecule has 0 radical (unpaired) electrons. The molecule has 2 aromatic rings. The zero-order chi connectivity index (χ0) is 18.7. The van der Waals surface area contributed by atoms with E-state index in [1.807, 2.05) is 18.7 Å². The molecule has 3 heterocycles. The van der Waals surface area contributed by atoms with Gasteiger partial charge in [0.2, 0.25) is 11.7 Å². The molecule has 1 N–H and O–H groups in total. The summed E-state index contributed by atoms with van der Waals surface area (Å²) in [6.07, 6.45) is 5.12. The van der Waals surface area contributed by atoms with Gasteiger partial charge < -0.3 is 14.7 Å². The van der Waals surface area contributed by atoms with Crippen LogP contribution in [0.4, 0.5) is 0 Å². The number of nitrogens with zero attached hydrogens (tertiary/aromatic N) is 4. The van der Waals surface area contributed by atoms with Crippen molar-refractivity contribution in [3.05, 3.63) is 41.3 Å². The van der Waals surface area contributed by atoms with Crippen LogP contribution in [0.5, 0.6) is 0 Å². The second-order valence-corrected chi connectivity index (χ2v) is 6.76. The third-order valence-electron chi connectivity index (χ3n) is 4.48. The van der Waals surface area contributed by atoms with Gasteiger partial charge in [-0.2, -0.15) is 0 Å². The van der Waals surface area contributed by atoms with E-state index in [2.05, 4.69) is 20.4 Å². The van der Waals surface area contributed by atoms with Crippen LogP contribution < -0.4 is 5.32 Å². The van der Waals surface area contributed by atoms with Gasteiger partial charge in [-0.05, 0) is 18.8 Å². The van der Waals surface area contributed by atoms with E-state index in [-0.39, 0.29) is 36.1 Å². The SMILES string of the molecule is CC(=O)N1CCC[C@@H]1c1cncc(CNC(=O)c2cc(C(C)C)no2)n1. The Hall–Kier alpha value is -2.77. The molecule has 0 spiro atoms. The lowest BCUT2D eigenvalue weighted by molar-refractivity contribution is -0.129. The van der Waals surface area contributed by atoms with Crippen molar-refractivity contribution >= 4 is 11.8 Å². The summed E-state index contributed by atoms with van der Waals surface area (Å²) in [6.45, 7) is 6.50. The lowest BCUT2D eigenvalue weighted by atomic mass is 10.1. The Morgan fingerprint density at radius 3 is 2.88 bits per heavy atom. The fraction of sp³-hybridized carbons (Fsp3) is 0.500. The van der Waals surface area contributed by atoms with Gasteiger partial charge in [0, 0.05) is 19.5 Å². The third kappa shape index (κ3) is 3.89. The minimum absolute atomic E-state index is 0.0410. The molecule has 2 aromatic heterocycles. The van der Waals surface area contributed by atoms with Gasteiger partial charge in [-0.3, -0.25) is 19.6 Å². The first-order valence-electron chi connectivity index (χ1n) is 8.78. The van der Waals surface area contributed by atoms with Gasteiger partial charge in [0.15, 0.2) is 0 Å². The molecule has 1 aliphatic rings. The van der Waals surface area contributed by atoms with Crippen LogP contribution in [0.3, 0.4) is 0 Å². The Balaban J connectivity index is 1.65. The summed E-state index contributed by atoms with van der Waals surface area (Å²) in [5.41, 5.74) is 2.13. The van der Waals surface area contributed by atoms with Crippen LogP contribution in [0.25, 0.3) is 0 Å². The smallest absolute Gasteiger partial charge is 0.290 e. The predicted molar refractivity (Wildman–Crippen MR) is 93.2 cm³/mol. The lowest BCUT2D eigenvalue weighted by Crippen LogP contribution is -2.29. The highest BCUT2D eigenvalue weighted by atomic mass is 16.5. The van der Waals surface area contributed by atoms with Crippen molar-refractivity contribution in [3.8, 4) is 0 Å². The fourth-order valence-corrected chi connectivity index (χ4v) is 3.05. The molecule has 0 saturated carbocycles. The van der Waals surface area contributed by atoms with Gasteiger partial charge >= 0.3 is 0 Å². The highest BCUT2D eigenvalue weighted by molar-refractivity contribution is 5.91. The fourth-order valence-electron chi connectivity index (χ4n) is 3.05. The molecule has 8 heteroatoms. The molecule has 0 unspecified atom stereocenters. The van der Waals surface area contributed by atoms with E-state index in [0.29, 0.717) is 5.69 Å². The summed E-state index contributed by atoms with van der Waals surface area (Å²) in [7, 11) is 0. The monoisotopic (exact) mass is 357 g/mol. The average Bonchev–Trinajstić information content (AvgIpc) is 3.29. The maximum atomic E-state index is 12.2. The zero-order valence-corrected chi connectivity index (χ0v) is 15.2. The normalized spacial score (nSPS) is 16.9. The number of likely N-dealkylation sites (tertiary alicyclic amines) is 1. The number of hydrogen-bond acceptors (Lipinski definition) is 6. The molecule has 1 fully saturated rings. The van der Waals surface area contributed by atoms with E-state index in [4.69, 9.17) is 4.52 Å². The van der Waals surface area contributed by atoms with Gasteiger partial charge in [0.1, 0.15) is 0 Å². The highest BCUT2D eigenvalue weighted by Gasteiger charge is 2.29. The van der Waals surface area contributed by atoms with Crippen LogP contribution in [0.2, 0.25) is 0 Å². The summed E-state index contributed by atoms with van der Waals surface area (Å²) >= 11 is 0. The molecule has 0 bridgehead atoms. The van der Waals surface area contributed by atoms with Crippen molar-refractivity contribution in [2.24, 2.45) is 0 Å². The number of carbonyl (C=O) groups excluding carboxylic acids is 2. The van der Waals surface area contributed by atoms with E-state index in [0.717, 1.165) is 30.8 Å². The van der Waals surface area contributed by atoms with Crippen LogP contribution in [-0.2, 0) is 11.3 Å². The maximum absolute atomic E-state index is 12.2. The summed E-state index contributed by atoms with van der Waals surface area (Å²) < 4.78 is 5.08. The average molecular weight is 357 g/mol. The molecule has 138 valence electrons. The predicted octanol–water partition coefficient (Wildman–Crippen LogP) is 2.20. The molecule has 3 rings (SSSR count). The van der Waals surface area contributed by atoms with Crippen molar-refractivity contribution in [3.63, 3.8) is 0 Å². The number of rotatable bonds is 5. The van der Waals surface area contributed by atoms with Gasteiger partial charge in [-0.1, -0.05) is 19.0 Å². The van der Waals surface area contributed by atoms with Crippen molar-refractivity contribution < 1.29 is 14.1 Å². The Morgan fingerprint density at radius 2 is 2.19 bits per heavy atom. The van der Waals surface area contributed by atoms with E-state index in [1.165, 1.54) is 0 Å². The summed E-state index contributed by atoms with van der Waals surface area (Å²) in [4.78, 5) is 34.5. The zero-order valence-electron chi connectivity index (χ0n) is 15.2. The van der Waals surface area contributed by atoms with Crippen LogP contribution in [-0.4, -0.2) is 38.4 Å². The van der Waals surface area contributed by atoms with Crippen molar-refractivity contribution in [2.45, 2.75) is 52.1 Å². The van der Waals surface area contributed by atoms with Crippen LogP contribution in [0, 0.1) is 0 Å². The Morgan fingerprint density at radius 1 is 1.38 bits per heavy atom. The lowest BCUT2D eigenvalue weighted by Gasteiger charge is -2.22. The first-order chi connectivity index (χ1) is 12.5. The quantitative estimate of drug-likeness (QED) is 0.880. The van der Waals surface area contributed by atoms with E-state index in [9.17, 15) is 9.59 Å². The van der Waals surface area contributed by atoms with E-state index in [1.54, 1.807) is 25.4 Å². The maximum Gasteiger partial charge on any atom is 0.290 e. The van der Waals surface area contributed by atoms with Gasteiger partial charge in [0.25, 0.3) is 5.91 Å². The third-order valence-corrected chi connectivity index (χ3v) is 4.48. The van der Waals surface area contributed by atoms with Crippen molar-refractivity contribution in [2.75, 3.05) is 6.54 Å². The van der Waals surface area contributed by atoms with Gasteiger partial charge in [0.05, 0.1) is 42.1 Å². The first kappa shape index (κ1) is 18.0. The molecule has 2 amide bonds. The topological polar surface area (TPSA) is 101 Å². The first-order valence-corrected chi connectivity index (χ1v) is 8.78. The van der Waals surface area contributed by atoms with E-state index < -0.39 is 0 Å². The molecule has 0 aromatic carbocycles. The Bertz CT molecular complexity index is 802. The minimum Gasteiger partial charge on any atom is -0.351 e. The molecule has 1 aliphatic heterocycles. The van der Waals surface area contributed by atoms with Crippen LogP contribution >= 0.6 is 0 Å². The number of aromatic nitrogens is 3. The Kier molecular flexibility index (Phi) is 5.29. The molecule has 26 heavy (non-hydrogen) atoms. The summed E-state index contributed by atoms with van der Waals surface area (Å²) in [6, 6.07) is 1.60. The van der Waals surface area contributed by atoms with Crippen molar-refractivity contribution in [1.82, 2.24) is 25.3 Å². The van der Waals surface area contributed by atoms with Crippen molar-refractivity contribution in [1.29, 1.82) is 0 Å². The van der Waals surface area contributed by atoms with Crippen LogP contribution in [0.15, 0.2) is 23.0 Å². The van der Waals surface area contributed by atoms with Crippen LogP contribution in [0.1, 0.15) is 73.2 Å². The van der Waals surface area contributed by atoms with Gasteiger partial charge in [-0.25, -0.2) is 0 Å². The second kappa shape index (κ2) is 7.63. The van der Waals surface area contributed by atoms with Gasteiger partial charge in [-0.15, -0.1) is 0 Å². The highest BCUT2D eigenvalue weighted by Crippen LogP contribution is 2.30.